The first-order chi connectivity index (χ1) is 4.63. The average Bonchev–Trinajstić information content (AvgIpc) is 1.79. The summed E-state index contributed by atoms with van der Waals surface area (Å²) in [5, 5.41) is 11.6. The molecule has 0 spiro atoms. The van der Waals surface area contributed by atoms with Crippen molar-refractivity contribution in [3.05, 3.63) is 0 Å². The maximum Gasteiger partial charge on any atom is 0.342 e. The monoisotopic (exact) mass is 150 g/mol. The summed E-state index contributed by atoms with van der Waals surface area (Å²) in [6.45, 7) is 0.414. The Morgan fingerprint density at radius 2 is 2.10 bits per heavy atom. The summed E-state index contributed by atoms with van der Waals surface area (Å²) in [5.41, 5.74) is 0. The van der Waals surface area contributed by atoms with Crippen LogP contribution in [0.25, 0.3) is 0 Å². The van der Waals surface area contributed by atoms with Crippen molar-refractivity contribution in [1.82, 2.24) is 0 Å². The molecule has 0 saturated carbocycles. The van der Waals surface area contributed by atoms with E-state index in [1.54, 1.807) is 0 Å². The maximum atomic E-state index is 9.91. The summed E-state index contributed by atoms with van der Waals surface area (Å²) >= 11 is 0. The van der Waals surface area contributed by atoms with Crippen LogP contribution in [0.4, 0.5) is 0 Å². The van der Waals surface area contributed by atoms with Gasteiger partial charge >= 0.3 is 11.9 Å². The zero-order valence-corrected chi connectivity index (χ0v) is 5.20. The SMILES string of the molecule is CC(=O)OOOCC(=O)O. The van der Waals surface area contributed by atoms with E-state index in [9.17, 15) is 9.59 Å². The molecule has 10 heavy (non-hydrogen) atoms. The van der Waals surface area contributed by atoms with Gasteiger partial charge in [-0.15, -0.1) is 0 Å². The van der Waals surface area contributed by atoms with Gasteiger partial charge in [0.15, 0.2) is 6.61 Å². The molecule has 0 aliphatic carbocycles. The molecule has 0 aromatic rings. The standard InChI is InChI=1S/C4H6O6/c1-3(5)9-10-8-2-4(6)7/h2H2,1H3,(H,6,7). The highest BCUT2D eigenvalue weighted by atomic mass is 17.5. The Morgan fingerprint density at radius 1 is 1.50 bits per heavy atom. The van der Waals surface area contributed by atoms with E-state index in [2.05, 4.69) is 14.8 Å². The number of carboxylic acids is 1. The summed E-state index contributed by atoms with van der Waals surface area (Å²) in [5.74, 6) is -1.93. The molecule has 0 rings (SSSR count). The lowest BCUT2D eigenvalue weighted by molar-refractivity contribution is -0.482. The van der Waals surface area contributed by atoms with Gasteiger partial charge in [-0.1, -0.05) is 0 Å². The zero-order valence-electron chi connectivity index (χ0n) is 5.20. The van der Waals surface area contributed by atoms with Crippen molar-refractivity contribution in [2.75, 3.05) is 6.61 Å². The quantitative estimate of drug-likeness (QED) is 0.330. The second kappa shape index (κ2) is 4.71. The molecular weight excluding hydrogens is 144 g/mol. The first kappa shape index (κ1) is 8.86. The molecule has 6 nitrogen and oxygen atoms in total. The van der Waals surface area contributed by atoms with Gasteiger partial charge in [0.1, 0.15) is 0 Å². The Bertz CT molecular complexity index is 114. The highest BCUT2D eigenvalue weighted by Gasteiger charge is 1.98. The van der Waals surface area contributed by atoms with Crippen molar-refractivity contribution in [3.8, 4) is 0 Å². The second-order valence-corrected chi connectivity index (χ2v) is 1.30. The molecule has 0 amide bonds. The Labute approximate surface area is 56.2 Å². The van der Waals surface area contributed by atoms with Gasteiger partial charge in [0.2, 0.25) is 0 Å². The van der Waals surface area contributed by atoms with Crippen molar-refractivity contribution in [2.45, 2.75) is 6.92 Å². The van der Waals surface area contributed by atoms with Gasteiger partial charge in [0, 0.05) is 6.92 Å². The molecular formula is C4H6O6. The molecule has 0 fully saturated rings. The van der Waals surface area contributed by atoms with Crippen LogP contribution in [-0.2, 0) is 24.4 Å². The Hall–Kier alpha value is -1.14. The summed E-state index contributed by atoms with van der Waals surface area (Å²) in [7, 11) is 0. The van der Waals surface area contributed by atoms with Gasteiger partial charge in [0.25, 0.3) is 0 Å². The molecule has 1 N–H and O–H groups in total. The van der Waals surface area contributed by atoms with Gasteiger partial charge in [0.05, 0.1) is 0 Å². The van der Waals surface area contributed by atoms with Crippen molar-refractivity contribution in [2.24, 2.45) is 0 Å². The van der Waals surface area contributed by atoms with E-state index in [1.165, 1.54) is 0 Å². The average molecular weight is 150 g/mol. The van der Waals surface area contributed by atoms with Crippen LogP contribution in [0.15, 0.2) is 0 Å². The lowest BCUT2D eigenvalue weighted by Crippen LogP contribution is -2.09. The van der Waals surface area contributed by atoms with Gasteiger partial charge < -0.3 is 5.11 Å². The van der Waals surface area contributed by atoms with Crippen LogP contribution in [-0.4, -0.2) is 23.7 Å². The van der Waals surface area contributed by atoms with Crippen LogP contribution in [0.1, 0.15) is 6.92 Å². The molecule has 58 valence electrons. The third-order valence-electron chi connectivity index (χ3n) is 0.382. The van der Waals surface area contributed by atoms with Crippen molar-refractivity contribution in [3.63, 3.8) is 0 Å². The molecule has 0 saturated heterocycles. The van der Waals surface area contributed by atoms with Crippen LogP contribution in [0, 0.1) is 0 Å². The number of hydrogen-bond donors (Lipinski definition) is 1. The predicted molar refractivity (Wildman–Crippen MR) is 26.4 cm³/mol. The van der Waals surface area contributed by atoms with Crippen LogP contribution in [0.2, 0.25) is 0 Å². The highest BCUT2D eigenvalue weighted by molar-refractivity contribution is 5.67. The fourth-order valence-corrected chi connectivity index (χ4v) is 0.146. The molecule has 0 aliphatic rings. The predicted octanol–water partition coefficient (Wildman–Crippen LogP) is -0.503. The van der Waals surface area contributed by atoms with E-state index in [0.29, 0.717) is 0 Å². The maximum absolute atomic E-state index is 9.91. The number of carboxylic acid groups (broad SMARTS) is 1. The number of hydrogen-bond acceptors (Lipinski definition) is 5. The largest absolute Gasteiger partial charge is 0.479 e. The normalized spacial score (nSPS) is 8.90. The first-order valence-electron chi connectivity index (χ1n) is 2.31. The lowest BCUT2D eigenvalue weighted by atomic mass is 10.8. The fraction of sp³-hybridized carbons (Fsp3) is 0.500. The number of aliphatic carboxylic acids is 1. The van der Waals surface area contributed by atoms with Crippen LogP contribution in [0.5, 0.6) is 0 Å². The smallest absolute Gasteiger partial charge is 0.342 e. The second-order valence-electron chi connectivity index (χ2n) is 1.30. The Kier molecular flexibility index (Phi) is 4.17. The van der Waals surface area contributed by atoms with Crippen LogP contribution in [0.3, 0.4) is 0 Å². The van der Waals surface area contributed by atoms with Crippen LogP contribution < -0.4 is 0 Å². The van der Waals surface area contributed by atoms with Crippen molar-refractivity contribution in [1.29, 1.82) is 0 Å². The Morgan fingerprint density at radius 3 is 2.50 bits per heavy atom. The third-order valence-corrected chi connectivity index (χ3v) is 0.382. The first-order valence-corrected chi connectivity index (χ1v) is 2.31. The van der Waals surface area contributed by atoms with E-state index in [-0.39, 0.29) is 0 Å². The molecule has 0 aromatic heterocycles. The Balaban J connectivity index is 3.06. The molecule has 0 aromatic carbocycles. The van der Waals surface area contributed by atoms with E-state index in [1.807, 2.05) is 0 Å². The number of carbonyl (C=O) groups is 2. The van der Waals surface area contributed by atoms with Gasteiger partial charge in [-0.05, 0) is 5.04 Å². The summed E-state index contributed by atoms with van der Waals surface area (Å²) in [6.07, 6.45) is 0. The summed E-state index contributed by atoms with van der Waals surface area (Å²) in [4.78, 5) is 27.2. The van der Waals surface area contributed by atoms with Gasteiger partial charge in [-0.25, -0.2) is 9.59 Å². The van der Waals surface area contributed by atoms with E-state index < -0.39 is 18.5 Å². The molecule has 0 aliphatic heterocycles. The lowest BCUT2D eigenvalue weighted by Gasteiger charge is -1.95. The number of carbonyl (C=O) groups excluding carboxylic acids is 1. The minimum atomic E-state index is -1.22. The van der Waals surface area contributed by atoms with Crippen molar-refractivity contribution >= 4 is 11.9 Å². The molecule has 0 bridgehead atoms. The van der Waals surface area contributed by atoms with E-state index in [0.717, 1.165) is 6.92 Å². The third kappa shape index (κ3) is 6.86. The fourth-order valence-electron chi connectivity index (χ4n) is 0.146. The van der Waals surface area contributed by atoms with Gasteiger partial charge in [-0.3, -0.25) is 4.89 Å². The van der Waals surface area contributed by atoms with Crippen molar-refractivity contribution < 1.29 is 29.5 Å². The summed E-state index contributed by atoms with van der Waals surface area (Å²) in [6, 6.07) is 0. The summed E-state index contributed by atoms with van der Waals surface area (Å²) < 4.78 is 0. The molecule has 0 heterocycles. The van der Waals surface area contributed by atoms with Gasteiger partial charge in [-0.2, -0.15) is 4.89 Å². The molecule has 6 heteroatoms. The zero-order chi connectivity index (χ0) is 7.98. The van der Waals surface area contributed by atoms with Crippen LogP contribution >= 0.6 is 0 Å². The van der Waals surface area contributed by atoms with E-state index >= 15 is 0 Å². The number of rotatable bonds is 4. The minimum Gasteiger partial charge on any atom is -0.479 e. The molecule has 0 radical (unpaired) electrons. The molecule has 0 atom stereocenters. The minimum absolute atomic E-state index is 0.673. The topological polar surface area (TPSA) is 82.1 Å². The molecule has 0 unspecified atom stereocenters. The van der Waals surface area contributed by atoms with E-state index in [4.69, 9.17) is 5.11 Å². The highest BCUT2D eigenvalue weighted by Crippen LogP contribution is 1.81.